The van der Waals surface area contributed by atoms with E-state index in [0.717, 1.165) is 50.9 Å². The molecule has 4 rings (SSSR count). The van der Waals surface area contributed by atoms with Crippen molar-refractivity contribution in [1.29, 1.82) is 0 Å². The predicted octanol–water partition coefficient (Wildman–Crippen LogP) is 4.43. The zero-order valence-corrected chi connectivity index (χ0v) is 13.9. The van der Waals surface area contributed by atoms with Gasteiger partial charge in [0, 0.05) is 29.3 Å². The number of rotatable bonds is 6. The van der Waals surface area contributed by atoms with Crippen LogP contribution in [-0.4, -0.2) is 27.2 Å². The Kier molecular flexibility index (Phi) is 4.12. The van der Waals surface area contributed by atoms with E-state index >= 15 is 0 Å². The molecule has 0 aliphatic rings. The highest BCUT2D eigenvalue weighted by Gasteiger charge is 2.12. The third kappa shape index (κ3) is 3.02. The van der Waals surface area contributed by atoms with Crippen LogP contribution >= 0.6 is 23.1 Å². The molecule has 0 saturated carbocycles. The van der Waals surface area contributed by atoms with Crippen LogP contribution in [-0.2, 0) is 0 Å². The number of hydrogen-bond donors (Lipinski definition) is 1. The lowest BCUT2D eigenvalue weighted by molar-refractivity contribution is 0.666. The number of aromatic nitrogens is 3. The van der Waals surface area contributed by atoms with Gasteiger partial charge in [0.2, 0.25) is 0 Å². The summed E-state index contributed by atoms with van der Waals surface area (Å²) in [6, 6.07) is 7.91. The lowest BCUT2D eigenvalue weighted by atomic mass is 10.2. The van der Waals surface area contributed by atoms with Crippen molar-refractivity contribution in [3.8, 4) is 0 Å². The van der Waals surface area contributed by atoms with Crippen molar-refractivity contribution in [3.63, 3.8) is 0 Å². The van der Waals surface area contributed by atoms with E-state index in [2.05, 4.69) is 20.3 Å². The predicted molar refractivity (Wildman–Crippen MR) is 95.3 cm³/mol. The summed E-state index contributed by atoms with van der Waals surface area (Å²) in [5.41, 5.74) is 2.42. The minimum atomic E-state index is 0.723. The fourth-order valence-corrected chi connectivity index (χ4v) is 4.02. The van der Waals surface area contributed by atoms with Gasteiger partial charge in [-0.15, -0.1) is 11.3 Å². The second kappa shape index (κ2) is 6.55. The molecule has 7 heteroatoms. The van der Waals surface area contributed by atoms with Gasteiger partial charge in [-0.25, -0.2) is 15.0 Å². The van der Waals surface area contributed by atoms with Crippen molar-refractivity contribution in [2.45, 2.75) is 10.8 Å². The number of thioether (sulfide) groups is 1. The second-order valence-corrected chi connectivity index (χ2v) is 7.16. The maximum absolute atomic E-state index is 5.90. The Bertz CT molecular complexity index is 920. The van der Waals surface area contributed by atoms with E-state index in [-0.39, 0.29) is 0 Å². The van der Waals surface area contributed by atoms with Gasteiger partial charge in [-0.2, -0.15) is 0 Å². The number of benzene rings is 1. The van der Waals surface area contributed by atoms with Crippen molar-refractivity contribution in [2.75, 3.05) is 17.6 Å². The number of fused-ring (bicyclic) bond motifs is 3. The molecule has 0 bridgehead atoms. The summed E-state index contributed by atoms with van der Waals surface area (Å²) in [4.78, 5) is 12.9. The fourth-order valence-electron chi connectivity index (χ4n) is 2.37. The average Bonchev–Trinajstić information content (AvgIpc) is 3.22. The third-order valence-electron chi connectivity index (χ3n) is 3.41. The number of nitrogens with zero attached hydrogens (tertiary/aromatic N) is 3. The lowest BCUT2D eigenvalue weighted by Crippen LogP contribution is -2.04. The second-order valence-electron chi connectivity index (χ2n) is 4.93. The first-order valence-electron chi connectivity index (χ1n) is 7.30. The molecule has 3 aromatic heterocycles. The first-order chi connectivity index (χ1) is 11.4. The lowest BCUT2D eigenvalue weighted by Gasteiger charge is -2.04. The summed E-state index contributed by atoms with van der Waals surface area (Å²) in [6.45, 7) is 0.835. The van der Waals surface area contributed by atoms with Gasteiger partial charge in [0.05, 0.1) is 0 Å². The van der Waals surface area contributed by atoms with E-state index in [9.17, 15) is 0 Å². The van der Waals surface area contributed by atoms with Crippen LogP contribution in [0.25, 0.3) is 22.1 Å². The van der Waals surface area contributed by atoms with Crippen LogP contribution in [0.5, 0.6) is 0 Å². The first-order valence-corrected chi connectivity index (χ1v) is 9.17. The van der Waals surface area contributed by atoms with Gasteiger partial charge < -0.3 is 9.73 Å². The molecule has 5 nitrogen and oxygen atoms in total. The van der Waals surface area contributed by atoms with Crippen LogP contribution in [0.15, 0.2) is 50.9 Å². The Morgan fingerprint density at radius 1 is 1.17 bits per heavy atom. The zero-order chi connectivity index (χ0) is 15.5. The van der Waals surface area contributed by atoms with Gasteiger partial charge >= 0.3 is 0 Å². The Morgan fingerprint density at radius 2 is 2.13 bits per heavy atom. The molecular formula is C16H14N4OS2. The van der Waals surface area contributed by atoms with Crippen LogP contribution in [0.3, 0.4) is 0 Å². The zero-order valence-electron chi connectivity index (χ0n) is 12.2. The average molecular weight is 342 g/mol. The summed E-state index contributed by atoms with van der Waals surface area (Å²) in [7, 11) is 0. The molecule has 4 aromatic rings. The molecule has 116 valence electrons. The van der Waals surface area contributed by atoms with Gasteiger partial charge in [0.1, 0.15) is 21.8 Å². The maximum atomic E-state index is 5.90. The third-order valence-corrected chi connectivity index (χ3v) is 5.46. The molecule has 0 spiro atoms. The van der Waals surface area contributed by atoms with E-state index < -0.39 is 0 Å². The van der Waals surface area contributed by atoms with Crippen molar-refractivity contribution in [2.24, 2.45) is 0 Å². The summed E-state index contributed by atoms with van der Waals surface area (Å²) in [6.07, 6.45) is 4.44. The normalized spacial score (nSPS) is 11.3. The molecule has 1 aromatic carbocycles. The smallest absolute Gasteiger partial charge is 0.196 e. The van der Waals surface area contributed by atoms with E-state index in [1.165, 1.54) is 0 Å². The molecule has 0 saturated heterocycles. The number of hydrogen-bond acceptors (Lipinski definition) is 7. The molecule has 0 fully saturated rings. The fraction of sp³-hybridized carbons (Fsp3) is 0.188. The van der Waals surface area contributed by atoms with Gasteiger partial charge in [-0.1, -0.05) is 23.9 Å². The van der Waals surface area contributed by atoms with Crippen molar-refractivity contribution >= 4 is 51.0 Å². The highest BCUT2D eigenvalue weighted by molar-refractivity contribution is 8.00. The van der Waals surface area contributed by atoms with Crippen LogP contribution in [0.1, 0.15) is 6.42 Å². The molecule has 3 heterocycles. The molecule has 0 aliphatic heterocycles. The SMILES string of the molecule is c1ccc2c(c1)oc1c(NCCCSc3nccs3)ncnc12. The molecule has 23 heavy (non-hydrogen) atoms. The number of furan rings is 1. The number of para-hydroxylation sites is 1. The largest absolute Gasteiger partial charge is 0.450 e. The number of anilines is 1. The molecule has 0 amide bonds. The quantitative estimate of drug-likeness (QED) is 0.413. The minimum Gasteiger partial charge on any atom is -0.450 e. The Balaban J connectivity index is 1.44. The minimum absolute atomic E-state index is 0.723. The summed E-state index contributed by atoms with van der Waals surface area (Å²) < 4.78 is 7.02. The van der Waals surface area contributed by atoms with E-state index in [1.807, 2.05) is 35.8 Å². The Morgan fingerprint density at radius 3 is 3.04 bits per heavy atom. The van der Waals surface area contributed by atoms with Gasteiger partial charge in [0.25, 0.3) is 0 Å². The monoisotopic (exact) mass is 342 g/mol. The van der Waals surface area contributed by atoms with Crippen LogP contribution < -0.4 is 5.32 Å². The summed E-state index contributed by atoms with van der Waals surface area (Å²) >= 11 is 3.46. The van der Waals surface area contributed by atoms with Crippen LogP contribution in [0, 0.1) is 0 Å². The highest BCUT2D eigenvalue weighted by Crippen LogP contribution is 2.30. The maximum Gasteiger partial charge on any atom is 0.196 e. The Hall–Kier alpha value is -2.12. The molecular weight excluding hydrogens is 328 g/mol. The standard InChI is InChI=1S/C16H14N4OS2/c1-2-5-12-11(4-1)13-14(21-12)15(20-10-19-13)17-6-3-8-22-16-18-7-9-23-16/h1-2,4-5,7,9-10H,3,6,8H2,(H,17,19,20). The molecule has 0 atom stereocenters. The van der Waals surface area contributed by atoms with E-state index in [4.69, 9.17) is 4.42 Å². The summed E-state index contributed by atoms with van der Waals surface area (Å²) in [5, 5.41) is 6.37. The molecule has 0 aliphatic carbocycles. The molecule has 0 unspecified atom stereocenters. The van der Waals surface area contributed by atoms with Crippen molar-refractivity contribution in [3.05, 3.63) is 42.2 Å². The van der Waals surface area contributed by atoms with Gasteiger partial charge in [0.15, 0.2) is 11.4 Å². The number of thiazole rings is 1. The van der Waals surface area contributed by atoms with E-state index in [0.29, 0.717) is 0 Å². The van der Waals surface area contributed by atoms with Crippen molar-refractivity contribution < 1.29 is 4.42 Å². The first kappa shape index (κ1) is 14.5. The highest BCUT2D eigenvalue weighted by atomic mass is 32.2. The molecule has 0 radical (unpaired) electrons. The van der Waals surface area contributed by atoms with E-state index in [1.54, 1.807) is 29.4 Å². The van der Waals surface area contributed by atoms with Crippen LogP contribution in [0.2, 0.25) is 0 Å². The van der Waals surface area contributed by atoms with Gasteiger partial charge in [-0.3, -0.25) is 0 Å². The summed E-state index contributed by atoms with van der Waals surface area (Å²) in [5.74, 6) is 1.78. The topological polar surface area (TPSA) is 63.8 Å². The number of nitrogens with one attached hydrogen (secondary N) is 1. The van der Waals surface area contributed by atoms with Gasteiger partial charge in [-0.05, 0) is 18.6 Å². The van der Waals surface area contributed by atoms with Crippen molar-refractivity contribution in [1.82, 2.24) is 15.0 Å². The van der Waals surface area contributed by atoms with Crippen LogP contribution in [0.4, 0.5) is 5.82 Å². The molecule has 1 N–H and O–H groups in total. The Labute approximate surface area is 141 Å².